The third-order valence-corrected chi connectivity index (χ3v) is 2.86. The number of hydrogen-bond acceptors (Lipinski definition) is 4. The van der Waals surface area contributed by atoms with Crippen LogP contribution in [-0.2, 0) is 0 Å². The molecular formula is C10H14BrNO3. The number of aliphatic hydroxyl groups excluding tert-OH is 1. The van der Waals surface area contributed by atoms with E-state index in [1.807, 2.05) is 0 Å². The van der Waals surface area contributed by atoms with Crippen LogP contribution in [0.4, 0.5) is 0 Å². The highest BCUT2D eigenvalue weighted by Gasteiger charge is 2.13. The molecule has 1 aromatic rings. The highest BCUT2D eigenvalue weighted by molar-refractivity contribution is 9.10. The molecule has 0 spiro atoms. The van der Waals surface area contributed by atoms with E-state index < -0.39 is 6.10 Å². The molecule has 3 N–H and O–H groups in total. The van der Waals surface area contributed by atoms with Crippen LogP contribution < -0.4 is 15.2 Å². The molecule has 1 unspecified atom stereocenters. The largest absolute Gasteiger partial charge is 0.495 e. The number of halogens is 1. The van der Waals surface area contributed by atoms with Crippen molar-refractivity contribution in [3.05, 3.63) is 22.2 Å². The summed E-state index contributed by atoms with van der Waals surface area (Å²) in [5.74, 6) is 1.22. The summed E-state index contributed by atoms with van der Waals surface area (Å²) >= 11 is 3.34. The lowest BCUT2D eigenvalue weighted by atomic mass is 10.1. The normalized spacial score (nSPS) is 12.3. The topological polar surface area (TPSA) is 64.7 Å². The lowest BCUT2D eigenvalue weighted by molar-refractivity contribution is 0.186. The monoisotopic (exact) mass is 275 g/mol. The van der Waals surface area contributed by atoms with E-state index in [2.05, 4.69) is 15.9 Å². The number of methoxy groups -OCH3 is 2. The number of nitrogens with two attached hydrogens (primary N) is 1. The van der Waals surface area contributed by atoms with Gasteiger partial charge in [-0.2, -0.15) is 0 Å². The molecule has 0 aromatic heterocycles. The van der Waals surface area contributed by atoms with E-state index in [-0.39, 0.29) is 6.54 Å². The van der Waals surface area contributed by atoms with Crippen molar-refractivity contribution in [3.63, 3.8) is 0 Å². The molecule has 0 aliphatic heterocycles. The van der Waals surface area contributed by atoms with E-state index in [1.54, 1.807) is 26.4 Å². The zero-order chi connectivity index (χ0) is 11.4. The fourth-order valence-corrected chi connectivity index (χ4v) is 1.77. The molecule has 0 saturated heterocycles. The molecule has 4 nitrogen and oxygen atoms in total. The highest BCUT2D eigenvalue weighted by atomic mass is 79.9. The molecule has 0 bridgehead atoms. The number of ether oxygens (including phenoxy) is 2. The van der Waals surface area contributed by atoms with Crippen molar-refractivity contribution in [2.45, 2.75) is 6.10 Å². The van der Waals surface area contributed by atoms with Crippen molar-refractivity contribution in [1.82, 2.24) is 0 Å². The van der Waals surface area contributed by atoms with Crippen LogP contribution in [0.25, 0.3) is 0 Å². The molecular weight excluding hydrogens is 262 g/mol. The number of aliphatic hydroxyl groups is 1. The molecule has 1 atom stereocenters. The van der Waals surface area contributed by atoms with Crippen LogP contribution >= 0.6 is 15.9 Å². The smallest absolute Gasteiger partial charge is 0.137 e. The number of benzene rings is 1. The highest BCUT2D eigenvalue weighted by Crippen LogP contribution is 2.37. The van der Waals surface area contributed by atoms with Gasteiger partial charge in [-0.3, -0.25) is 0 Å². The summed E-state index contributed by atoms with van der Waals surface area (Å²) in [6, 6.07) is 3.45. The predicted molar refractivity (Wildman–Crippen MR) is 61.3 cm³/mol. The second-order valence-corrected chi connectivity index (χ2v) is 3.78. The maximum atomic E-state index is 9.61. The van der Waals surface area contributed by atoms with Crippen LogP contribution in [0.2, 0.25) is 0 Å². The minimum Gasteiger partial charge on any atom is -0.495 e. The van der Waals surface area contributed by atoms with Crippen LogP contribution in [0.3, 0.4) is 0 Å². The lowest BCUT2D eigenvalue weighted by Gasteiger charge is -2.14. The standard InChI is InChI=1S/C10H14BrNO3/c1-14-8-3-6(7(13)5-12)4-9(15-2)10(8)11/h3-4,7,13H,5,12H2,1-2H3. The van der Waals surface area contributed by atoms with Gasteiger partial charge in [-0.15, -0.1) is 0 Å². The first kappa shape index (κ1) is 12.3. The van der Waals surface area contributed by atoms with Gasteiger partial charge in [0.1, 0.15) is 16.0 Å². The van der Waals surface area contributed by atoms with Gasteiger partial charge in [0, 0.05) is 6.54 Å². The van der Waals surface area contributed by atoms with E-state index in [0.29, 0.717) is 17.1 Å². The molecule has 1 aromatic carbocycles. The average Bonchev–Trinajstić information content (AvgIpc) is 2.28. The van der Waals surface area contributed by atoms with E-state index >= 15 is 0 Å². The van der Waals surface area contributed by atoms with Gasteiger partial charge >= 0.3 is 0 Å². The number of rotatable bonds is 4. The molecule has 0 saturated carbocycles. The summed E-state index contributed by atoms with van der Waals surface area (Å²) < 4.78 is 11.0. The quantitative estimate of drug-likeness (QED) is 0.873. The zero-order valence-corrected chi connectivity index (χ0v) is 10.2. The second kappa shape index (κ2) is 5.34. The van der Waals surface area contributed by atoms with E-state index in [1.165, 1.54) is 0 Å². The van der Waals surface area contributed by atoms with E-state index in [9.17, 15) is 5.11 Å². The van der Waals surface area contributed by atoms with Crippen LogP contribution in [0.1, 0.15) is 11.7 Å². The zero-order valence-electron chi connectivity index (χ0n) is 8.66. The first-order valence-corrected chi connectivity index (χ1v) is 5.22. The fraction of sp³-hybridized carbons (Fsp3) is 0.400. The Labute approximate surface area is 97.1 Å². The first-order chi connectivity index (χ1) is 7.13. The first-order valence-electron chi connectivity index (χ1n) is 4.43. The molecule has 0 aliphatic carbocycles. The van der Waals surface area contributed by atoms with Crippen LogP contribution in [-0.4, -0.2) is 25.9 Å². The fourth-order valence-electron chi connectivity index (χ4n) is 1.22. The Morgan fingerprint density at radius 2 is 1.80 bits per heavy atom. The van der Waals surface area contributed by atoms with Crippen molar-refractivity contribution < 1.29 is 14.6 Å². The van der Waals surface area contributed by atoms with Crippen molar-refractivity contribution >= 4 is 15.9 Å². The molecule has 84 valence electrons. The Morgan fingerprint density at radius 1 is 1.33 bits per heavy atom. The second-order valence-electron chi connectivity index (χ2n) is 2.99. The Hall–Kier alpha value is -0.780. The Balaban J connectivity index is 3.20. The molecule has 0 aliphatic rings. The summed E-state index contributed by atoms with van der Waals surface area (Å²) in [4.78, 5) is 0. The molecule has 5 heteroatoms. The molecule has 0 fully saturated rings. The molecule has 0 heterocycles. The van der Waals surface area contributed by atoms with Gasteiger partial charge < -0.3 is 20.3 Å². The van der Waals surface area contributed by atoms with Crippen LogP contribution in [0, 0.1) is 0 Å². The number of hydrogen-bond donors (Lipinski definition) is 2. The van der Waals surface area contributed by atoms with Gasteiger partial charge in [-0.1, -0.05) is 0 Å². The minimum absolute atomic E-state index is 0.161. The molecule has 0 amide bonds. The molecule has 15 heavy (non-hydrogen) atoms. The lowest BCUT2D eigenvalue weighted by Crippen LogP contribution is -2.11. The average molecular weight is 276 g/mol. The molecule has 0 radical (unpaired) electrons. The Kier molecular flexibility index (Phi) is 4.38. The Morgan fingerprint density at radius 3 is 2.13 bits per heavy atom. The Bertz CT molecular complexity index is 318. The van der Waals surface area contributed by atoms with Crippen molar-refractivity contribution in [3.8, 4) is 11.5 Å². The molecule has 1 rings (SSSR count). The van der Waals surface area contributed by atoms with Gasteiger partial charge in [-0.25, -0.2) is 0 Å². The summed E-state index contributed by atoms with van der Waals surface area (Å²) in [7, 11) is 3.11. The van der Waals surface area contributed by atoms with Crippen LogP contribution in [0.15, 0.2) is 16.6 Å². The van der Waals surface area contributed by atoms with Gasteiger partial charge in [0.2, 0.25) is 0 Å². The SMILES string of the molecule is COc1cc(C(O)CN)cc(OC)c1Br. The van der Waals surface area contributed by atoms with Crippen molar-refractivity contribution in [2.75, 3.05) is 20.8 Å². The van der Waals surface area contributed by atoms with Crippen molar-refractivity contribution in [1.29, 1.82) is 0 Å². The summed E-state index contributed by atoms with van der Waals surface area (Å²) in [5.41, 5.74) is 6.06. The minimum atomic E-state index is -0.708. The van der Waals surface area contributed by atoms with Gasteiger partial charge in [-0.05, 0) is 33.6 Å². The summed E-state index contributed by atoms with van der Waals surface area (Å²) in [6.07, 6.45) is -0.708. The maximum absolute atomic E-state index is 9.61. The van der Waals surface area contributed by atoms with Crippen molar-refractivity contribution in [2.24, 2.45) is 5.73 Å². The van der Waals surface area contributed by atoms with E-state index in [0.717, 1.165) is 4.47 Å². The predicted octanol–water partition coefficient (Wildman–Crippen LogP) is 1.46. The van der Waals surface area contributed by atoms with Gasteiger partial charge in [0.15, 0.2) is 0 Å². The third-order valence-electron chi connectivity index (χ3n) is 2.08. The van der Waals surface area contributed by atoms with E-state index in [4.69, 9.17) is 15.2 Å². The summed E-state index contributed by atoms with van der Waals surface area (Å²) in [6.45, 7) is 0.161. The third kappa shape index (κ3) is 2.62. The van der Waals surface area contributed by atoms with Gasteiger partial charge in [0.05, 0.1) is 20.3 Å². The summed E-state index contributed by atoms with van der Waals surface area (Å²) in [5, 5.41) is 9.61. The van der Waals surface area contributed by atoms with Crippen LogP contribution in [0.5, 0.6) is 11.5 Å². The maximum Gasteiger partial charge on any atom is 0.137 e. The van der Waals surface area contributed by atoms with Gasteiger partial charge in [0.25, 0.3) is 0 Å².